The predicted molar refractivity (Wildman–Crippen MR) is 70.1 cm³/mol. The fourth-order valence-electron chi connectivity index (χ4n) is 2.30. The van der Waals surface area contributed by atoms with Gasteiger partial charge in [0.25, 0.3) is 0 Å². The van der Waals surface area contributed by atoms with Crippen LogP contribution in [-0.4, -0.2) is 15.5 Å². The highest BCUT2D eigenvalue weighted by Crippen LogP contribution is 2.38. The molecule has 0 spiro atoms. The van der Waals surface area contributed by atoms with Crippen molar-refractivity contribution in [3.05, 3.63) is 17.5 Å². The lowest BCUT2D eigenvalue weighted by molar-refractivity contribution is 0.230. The highest BCUT2D eigenvalue weighted by molar-refractivity contribution is 7.88. The minimum atomic E-state index is -0.922. The molecule has 2 N–H and O–H groups in total. The van der Waals surface area contributed by atoms with E-state index < -0.39 is 10.8 Å². The second kappa shape index (κ2) is 4.59. The summed E-state index contributed by atoms with van der Waals surface area (Å²) in [5, 5.41) is 2.11. The molecule has 2 rings (SSSR count). The molecule has 0 saturated heterocycles. The summed E-state index contributed by atoms with van der Waals surface area (Å²) < 4.78 is 13.4. The van der Waals surface area contributed by atoms with Crippen molar-refractivity contribution in [1.29, 1.82) is 0 Å². The second-order valence-corrected chi connectivity index (χ2v) is 8.19. The lowest BCUT2D eigenvalue weighted by Gasteiger charge is -2.38. The molecule has 1 fully saturated rings. The maximum Gasteiger partial charge on any atom is 0.0914 e. The molecule has 1 aliphatic rings. The molecule has 1 saturated carbocycles. The van der Waals surface area contributed by atoms with Crippen molar-refractivity contribution in [3.8, 4) is 0 Å². The first-order valence-electron chi connectivity index (χ1n) is 5.69. The van der Waals surface area contributed by atoms with E-state index in [4.69, 9.17) is 5.73 Å². The molecular weight excluding hydrogens is 238 g/mol. The maximum atomic E-state index is 12.4. The van der Waals surface area contributed by atoms with Crippen molar-refractivity contribution < 1.29 is 4.21 Å². The molecule has 0 bridgehead atoms. The molecule has 1 heterocycles. The van der Waals surface area contributed by atoms with Gasteiger partial charge < -0.3 is 5.73 Å². The summed E-state index contributed by atoms with van der Waals surface area (Å²) >= 11 is 1.57. The number of hydrogen-bond acceptors (Lipinski definition) is 3. The molecule has 0 amide bonds. The van der Waals surface area contributed by atoms with Crippen molar-refractivity contribution in [1.82, 2.24) is 0 Å². The van der Waals surface area contributed by atoms with Crippen LogP contribution in [0.5, 0.6) is 0 Å². The van der Waals surface area contributed by atoms with E-state index >= 15 is 0 Å². The third-order valence-electron chi connectivity index (χ3n) is 3.35. The fraction of sp³-hybridized carbons (Fsp3) is 0.667. The average Bonchev–Trinajstić information content (AvgIpc) is 2.74. The normalized spacial score (nSPS) is 31.2. The fourth-order valence-corrected chi connectivity index (χ4v) is 5.24. The second-order valence-electron chi connectivity index (χ2n) is 5.34. The summed E-state index contributed by atoms with van der Waals surface area (Å²) in [6.07, 6.45) is 3.11. The van der Waals surface area contributed by atoms with Crippen LogP contribution in [0.1, 0.15) is 33.1 Å². The average molecular weight is 257 g/mol. The van der Waals surface area contributed by atoms with E-state index in [0.29, 0.717) is 0 Å². The van der Waals surface area contributed by atoms with Crippen LogP contribution in [0.2, 0.25) is 0 Å². The van der Waals surface area contributed by atoms with Crippen LogP contribution in [0.15, 0.2) is 21.7 Å². The Labute approximate surface area is 104 Å². The maximum absolute atomic E-state index is 12.4. The monoisotopic (exact) mass is 257 g/mol. The predicted octanol–water partition coefficient (Wildman–Crippen LogP) is 2.76. The summed E-state index contributed by atoms with van der Waals surface area (Å²) in [6, 6.07) is 4.00. The zero-order valence-corrected chi connectivity index (χ0v) is 11.4. The molecule has 3 unspecified atom stereocenters. The smallest absolute Gasteiger partial charge is 0.0914 e. The molecule has 1 aromatic heterocycles. The first kappa shape index (κ1) is 12.3. The SMILES string of the molecule is CC1(C)CCC(N)C(S(=O)c2cccs2)C1. The van der Waals surface area contributed by atoms with Gasteiger partial charge in [-0.25, -0.2) is 0 Å². The van der Waals surface area contributed by atoms with E-state index in [1.54, 1.807) is 11.3 Å². The van der Waals surface area contributed by atoms with Crippen LogP contribution in [0, 0.1) is 5.41 Å². The van der Waals surface area contributed by atoms with E-state index in [2.05, 4.69) is 13.8 Å². The Morgan fingerprint density at radius 3 is 2.94 bits per heavy atom. The lowest BCUT2D eigenvalue weighted by Crippen LogP contribution is -2.45. The van der Waals surface area contributed by atoms with Gasteiger partial charge in [0.15, 0.2) is 0 Å². The Hall–Kier alpha value is -0.190. The van der Waals surface area contributed by atoms with Crippen LogP contribution < -0.4 is 5.73 Å². The molecule has 0 aromatic carbocycles. The van der Waals surface area contributed by atoms with Crippen LogP contribution in [0.25, 0.3) is 0 Å². The van der Waals surface area contributed by atoms with E-state index in [0.717, 1.165) is 23.5 Å². The Kier molecular flexibility index (Phi) is 3.52. The first-order chi connectivity index (χ1) is 7.49. The van der Waals surface area contributed by atoms with Crippen molar-refractivity contribution in [3.63, 3.8) is 0 Å². The third kappa shape index (κ3) is 2.55. The van der Waals surface area contributed by atoms with Crippen LogP contribution in [0.4, 0.5) is 0 Å². The standard InChI is InChI=1S/C12H19NOS2/c1-12(2)6-5-9(13)10(8-12)16(14)11-4-3-7-15-11/h3-4,7,9-10H,5-6,8,13H2,1-2H3. The first-order valence-corrected chi connectivity index (χ1v) is 7.78. The molecule has 2 nitrogen and oxygen atoms in total. The number of thiophene rings is 1. The summed E-state index contributed by atoms with van der Waals surface area (Å²) in [7, 11) is -0.922. The number of hydrogen-bond donors (Lipinski definition) is 1. The van der Waals surface area contributed by atoms with Gasteiger partial charge in [-0.15, -0.1) is 11.3 Å². The Morgan fingerprint density at radius 2 is 2.31 bits per heavy atom. The molecule has 4 heteroatoms. The molecule has 1 aromatic rings. The molecule has 90 valence electrons. The summed E-state index contributed by atoms with van der Waals surface area (Å²) in [6.45, 7) is 4.50. The van der Waals surface area contributed by atoms with Gasteiger partial charge in [0, 0.05) is 6.04 Å². The molecule has 1 aliphatic carbocycles. The molecule has 16 heavy (non-hydrogen) atoms. The van der Waals surface area contributed by atoms with Gasteiger partial charge in [-0.2, -0.15) is 0 Å². The quantitative estimate of drug-likeness (QED) is 0.885. The van der Waals surface area contributed by atoms with Crippen molar-refractivity contribution in [2.24, 2.45) is 11.1 Å². The van der Waals surface area contributed by atoms with Gasteiger partial charge in [0.2, 0.25) is 0 Å². The summed E-state index contributed by atoms with van der Waals surface area (Å²) in [5.74, 6) is 0. The van der Waals surface area contributed by atoms with Gasteiger partial charge in [-0.1, -0.05) is 19.9 Å². The van der Waals surface area contributed by atoms with Crippen LogP contribution in [-0.2, 0) is 10.8 Å². The van der Waals surface area contributed by atoms with Crippen molar-refractivity contribution in [2.75, 3.05) is 0 Å². The molecule has 3 atom stereocenters. The molecular formula is C12H19NOS2. The highest BCUT2D eigenvalue weighted by atomic mass is 32.2. The van der Waals surface area contributed by atoms with Gasteiger partial charge in [-0.3, -0.25) is 4.21 Å². The molecule has 0 aliphatic heterocycles. The Balaban J connectivity index is 2.16. The van der Waals surface area contributed by atoms with Gasteiger partial charge in [0.1, 0.15) is 0 Å². The van der Waals surface area contributed by atoms with Crippen LogP contribution in [0.3, 0.4) is 0 Å². The Morgan fingerprint density at radius 1 is 1.56 bits per heavy atom. The largest absolute Gasteiger partial charge is 0.327 e. The van der Waals surface area contributed by atoms with Gasteiger partial charge in [0.05, 0.1) is 20.3 Å². The van der Waals surface area contributed by atoms with E-state index in [9.17, 15) is 4.21 Å². The van der Waals surface area contributed by atoms with E-state index in [-0.39, 0.29) is 16.7 Å². The topological polar surface area (TPSA) is 43.1 Å². The highest BCUT2D eigenvalue weighted by Gasteiger charge is 2.37. The molecule has 0 radical (unpaired) electrons. The number of rotatable bonds is 2. The zero-order chi connectivity index (χ0) is 11.8. The summed E-state index contributed by atoms with van der Waals surface area (Å²) in [5.41, 5.74) is 6.40. The van der Waals surface area contributed by atoms with E-state index in [1.165, 1.54) is 0 Å². The lowest BCUT2D eigenvalue weighted by atomic mass is 9.75. The van der Waals surface area contributed by atoms with E-state index in [1.807, 2.05) is 17.5 Å². The minimum absolute atomic E-state index is 0.0935. The number of nitrogens with two attached hydrogens (primary N) is 1. The minimum Gasteiger partial charge on any atom is -0.327 e. The zero-order valence-electron chi connectivity index (χ0n) is 9.81. The third-order valence-corrected chi connectivity index (χ3v) is 6.40. The van der Waals surface area contributed by atoms with Gasteiger partial charge in [-0.05, 0) is 36.1 Å². The van der Waals surface area contributed by atoms with Crippen molar-refractivity contribution in [2.45, 2.75) is 48.6 Å². The van der Waals surface area contributed by atoms with Gasteiger partial charge >= 0.3 is 0 Å². The summed E-state index contributed by atoms with van der Waals surface area (Å²) in [4.78, 5) is 0. The van der Waals surface area contributed by atoms with Crippen molar-refractivity contribution >= 4 is 22.1 Å². The van der Waals surface area contributed by atoms with Crippen LogP contribution >= 0.6 is 11.3 Å². The Bertz CT molecular complexity index is 372.